The molecule has 0 amide bonds. The molecule has 2 aliphatic rings. The van der Waals surface area contributed by atoms with Gasteiger partial charge in [-0.15, -0.1) is 0 Å². The normalized spacial score (nSPS) is 26.9. The number of hydrogen-bond acceptors (Lipinski definition) is 5. The first-order valence-electron chi connectivity index (χ1n) is 8.54. The third kappa shape index (κ3) is 2.58. The van der Waals surface area contributed by atoms with Crippen LogP contribution < -0.4 is 0 Å². The Morgan fingerprint density at radius 1 is 1.36 bits per heavy atom. The van der Waals surface area contributed by atoms with Crippen molar-refractivity contribution in [3.8, 4) is 0 Å². The number of rotatable bonds is 4. The molecule has 2 atom stereocenters. The van der Waals surface area contributed by atoms with Gasteiger partial charge in [0.1, 0.15) is 5.82 Å². The van der Waals surface area contributed by atoms with Gasteiger partial charge in [0, 0.05) is 19.5 Å². The minimum atomic E-state index is -3.66. The van der Waals surface area contributed by atoms with Crippen LogP contribution in [0.3, 0.4) is 0 Å². The van der Waals surface area contributed by atoms with Gasteiger partial charge in [-0.2, -0.15) is 9.29 Å². The second-order valence-electron chi connectivity index (χ2n) is 6.86. The van der Waals surface area contributed by atoms with Crippen LogP contribution in [0.2, 0.25) is 0 Å². The van der Waals surface area contributed by atoms with Crippen LogP contribution >= 0.6 is 0 Å². The van der Waals surface area contributed by atoms with Gasteiger partial charge in [0.05, 0.1) is 10.3 Å². The zero-order valence-corrected chi connectivity index (χ0v) is 14.8. The molecule has 0 spiro atoms. The van der Waals surface area contributed by atoms with Crippen molar-refractivity contribution in [3.05, 3.63) is 41.8 Å². The van der Waals surface area contributed by atoms with E-state index in [2.05, 4.69) is 10.1 Å². The Kier molecular flexibility index (Phi) is 3.92. The molecule has 0 bridgehead atoms. The Morgan fingerprint density at radius 3 is 2.80 bits per heavy atom. The Balaban J connectivity index is 1.67. The molecule has 1 aromatic heterocycles. The minimum absolute atomic E-state index is 0.117. The zero-order chi connectivity index (χ0) is 17.7. The zero-order valence-electron chi connectivity index (χ0n) is 14.0. The molecule has 2 aromatic rings. The first-order chi connectivity index (χ1) is 12.0. The third-order valence-corrected chi connectivity index (χ3v) is 7.33. The van der Waals surface area contributed by atoms with Crippen molar-refractivity contribution < 1.29 is 17.3 Å². The number of nitrogens with zero attached hydrogens (tertiary/aromatic N) is 3. The van der Waals surface area contributed by atoms with Gasteiger partial charge in [-0.3, -0.25) is 0 Å². The van der Waals surface area contributed by atoms with E-state index in [1.165, 1.54) is 28.6 Å². The fourth-order valence-electron chi connectivity index (χ4n) is 4.15. The lowest BCUT2D eigenvalue weighted by Crippen LogP contribution is -2.35. The maximum atomic E-state index is 13.1. The molecule has 1 aromatic carbocycles. The SMILES string of the molecule is CCc1nc([C@@]23CCC[C@@H]2CN(S(=O)(=O)c2ccc(F)cc2)C3)no1. The van der Waals surface area contributed by atoms with Crippen LogP contribution in [0.5, 0.6) is 0 Å². The van der Waals surface area contributed by atoms with Gasteiger partial charge < -0.3 is 4.52 Å². The number of aryl methyl sites for hydroxylation is 1. The lowest BCUT2D eigenvalue weighted by molar-refractivity contribution is 0.329. The van der Waals surface area contributed by atoms with Gasteiger partial charge in [0.2, 0.25) is 15.9 Å². The van der Waals surface area contributed by atoms with E-state index in [4.69, 9.17) is 4.52 Å². The molecule has 25 heavy (non-hydrogen) atoms. The number of benzene rings is 1. The van der Waals surface area contributed by atoms with Crippen molar-refractivity contribution in [2.24, 2.45) is 5.92 Å². The summed E-state index contributed by atoms with van der Waals surface area (Å²) < 4.78 is 45.8. The van der Waals surface area contributed by atoms with Gasteiger partial charge >= 0.3 is 0 Å². The molecule has 6 nitrogen and oxygen atoms in total. The molecular formula is C17H20FN3O3S. The van der Waals surface area contributed by atoms with Crippen molar-refractivity contribution in [1.82, 2.24) is 14.4 Å². The quantitative estimate of drug-likeness (QED) is 0.832. The number of aromatic nitrogens is 2. The number of halogens is 1. The summed E-state index contributed by atoms with van der Waals surface area (Å²) in [6.07, 6.45) is 3.50. The minimum Gasteiger partial charge on any atom is -0.339 e. The summed E-state index contributed by atoms with van der Waals surface area (Å²) in [4.78, 5) is 4.61. The van der Waals surface area contributed by atoms with Crippen LogP contribution in [0, 0.1) is 11.7 Å². The molecule has 134 valence electrons. The maximum Gasteiger partial charge on any atom is 0.243 e. The number of sulfonamides is 1. The molecule has 1 saturated carbocycles. The molecule has 2 fully saturated rings. The van der Waals surface area contributed by atoms with Gasteiger partial charge in [-0.1, -0.05) is 18.5 Å². The van der Waals surface area contributed by atoms with Gasteiger partial charge in [0.15, 0.2) is 5.82 Å². The Morgan fingerprint density at radius 2 is 2.12 bits per heavy atom. The lowest BCUT2D eigenvalue weighted by Gasteiger charge is -2.24. The summed E-state index contributed by atoms with van der Waals surface area (Å²) >= 11 is 0. The van der Waals surface area contributed by atoms with Gasteiger partial charge in [0.25, 0.3) is 0 Å². The number of fused-ring (bicyclic) bond motifs is 1. The summed E-state index contributed by atoms with van der Waals surface area (Å²) in [5.41, 5.74) is -0.371. The van der Waals surface area contributed by atoms with Crippen LogP contribution in [0.1, 0.15) is 37.9 Å². The first kappa shape index (κ1) is 16.7. The van der Waals surface area contributed by atoms with Crippen LogP contribution in [0.25, 0.3) is 0 Å². The molecule has 1 aliphatic carbocycles. The number of hydrogen-bond donors (Lipinski definition) is 0. The topological polar surface area (TPSA) is 76.3 Å². The van der Waals surface area contributed by atoms with Gasteiger partial charge in [-0.25, -0.2) is 12.8 Å². The molecule has 0 unspecified atom stereocenters. The predicted octanol–water partition coefficient (Wildman–Crippen LogP) is 2.51. The van der Waals surface area contributed by atoms with Crippen LogP contribution in [-0.2, 0) is 21.9 Å². The summed E-state index contributed by atoms with van der Waals surface area (Å²) in [5.74, 6) is 0.941. The van der Waals surface area contributed by atoms with Gasteiger partial charge in [-0.05, 0) is 43.0 Å². The summed E-state index contributed by atoms with van der Waals surface area (Å²) in [5, 5.41) is 4.15. The van der Waals surface area contributed by atoms with E-state index >= 15 is 0 Å². The van der Waals surface area contributed by atoms with Crippen molar-refractivity contribution >= 4 is 10.0 Å². The molecule has 8 heteroatoms. The van der Waals surface area contributed by atoms with Crippen molar-refractivity contribution in [3.63, 3.8) is 0 Å². The molecule has 2 heterocycles. The van der Waals surface area contributed by atoms with E-state index < -0.39 is 15.8 Å². The molecule has 0 radical (unpaired) electrons. The highest BCUT2D eigenvalue weighted by Gasteiger charge is 2.55. The van der Waals surface area contributed by atoms with Crippen LogP contribution in [0.4, 0.5) is 4.39 Å². The highest BCUT2D eigenvalue weighted by Crippen LogP contribution is 2.50. The average Bonchev–Trinajstić information content (AvgIpc) is 3.28. The van der Waals surface area contributed by atoms with E-state index in [9.17, 15) is 12.8 Å². The third-order valence-electron chi connectivity index (χ3n) is 5.51. The smallest absolute Gasteiger partial charge is 0.243 e. The standard InChI is InChI=1S/C17H20FN3O3S/c1-2-15-19-16(20-24-15)17-9-3-4-12(17)10-21(11-17)25(22,23)14-7-5-13(18)6-8-14/h5-8,12H,2-4,9-11H2,1H3/t12-,17-/m1/s1. The predicted molar refractivity (Wildman–Crippen MR) is 87.9 cm³/mol. The van der Waals surface area contributed by atoms with E-state index in [0.717, 1.165) is 19.3 Å². The van der Waals surface area contributed by atoms with Crippen molar-refractivity contribution in [2.45, 2.75) is 42.9 Å². The Bertz CT molecular complexity index is 881. The Labute approximate surface area is 146 Å². The van der Waals surface area contributed by atoms with E-state index in [0.29, 0.717) is 31.2 Å². The summed E-state index contributed by atoms with van der Waals surface area (Å²) in [6, 6.07) is 4.97. The molecule has 1 aliphatic heterocycles. The average molecular weight is 365 g/mol. The second kappa shape index (κ2) is 5.88. The molecule has 0 N–H and O–H groups in total. The monoisotopic (exact) mass is 365 g/mol. The molecular weight excluding hydrogens is 345 g/mol. The summed E-state index contributed by atoms with van der Waals surface area (Å²) in [7, 11) is -3.66. The van der Waals surface area contributed by atoms with Crippen molar-refractivity contribution in [2.75, 3.05) is 13.1 Å². The van der Waals surface area contributed by atoms with Crippen molar-refractivity contribution in [1.29, 1.82) is 0 Å². The highest BCUT2D eigenvalue weighted by molar-refractivity contribution is 7.89. The highest BCUT2D eigenvalue weighted by atomic mass is 32.2. The lowest BCUT2D eigenvalue weighted by atomic mass is 9.80. The fraction of sp³-hybridized carbons (Fsp3) is 0.529. The molecule has 4 rings (SSSR count). The van der Waals surface area contributed by atoms with Crippen LogP contribution in [0.15, 0.2) is 33.7 Å². The van der Waals surface area contributed by atoms with E-state index in [1.54, 1.807) is 0 Å². The van der Waals surface area contributed by atoms with E-state index in [1.807, 2.05) is 6.92 Å². The second-order valence-corrected chi connectivity index (χ2v) is 8.80. The molecule has 1 saturated heterocycles. The largest absolute Gasteiger partial charge is 0.339 e. The van der Waals surface area contributed by atoms with Crippen LogP contribution in [-0.4, -0.2) is 36.0 Å². The first-order valence-corrected chi connectivity index (χ1v) is 9.98. The Hall–Kier alpha value is -1.80. The fourth-order valence-corrected chi connectivity index (χ4v) is 5.70. The maximum absolute atomic E-state index is 13.1. The van der Waals surface area contributed by atoms with E-state index in [-0.39, 0.29) is 16.2 Å². The summed E-state index contributed by atoms with van der Waals surface area (Å²) in [6.45, 7) is 2.73.